The van der Waals surface area contributed by atoms with Crippen LogP contribution in [-0.2, 0) is 6.42 Å². The average molecular weight is 258 g/mol. The molecule has 0 bridgehead atoms. The number of rotatable bonds is 4. The highest BCUT2D eigenvalue weighted by atomic mass is 32.1. The van der Waals surface area contributed by atoms with E-state index in [0.29, 0.717) is 4.77 Å². The van der Waals surface area contributed by atoms with Gasteiger partial charge in [-0.05, 0) is 23.9 Å². The molecule has 0 amide bonds. The van der Waals surface area contributed by atoms with E-state index in [-0.39, 0.29) is 0 Å². The first-order valence-corrected chi connectivity index (χ1v) is 6.14. The van der Waals surface area contributed by atoms with E-state index >= 15 is 0 Å². The summed E-state index contributed by atoms with van der Waals surface area (Å²) < 4.78 is 2.14. The largest absolute Gasteiger partial charge is 0.250 e. The summed E-state index contributed by atoms with van der Waals surface area (Å²) in [6.45, 7) is 2.01. The van der Waals surface area contributed by atoms with Crippen LogP contribution in [0.2, 0.25) is 0 Å². The summed E-state index contributed by atoms with van der Waals surface area (Å²) in [6.07, 6.45) is 6.35. The first-order valence-electron chi connectivity index (χ1n) is 5.73. The van der Waals surface area contributed by atoms with E-state index in [2.05, 4.69) is 15.3 Å². The molecule has 0 unspecified atom stereocenters. The highest BCUT2D eigenvalue weighted by Crippen LogP contribution is 2.00. The quantitative estimate of drug-likeness (QED) is 0.676. The molecule has 1 aromatic carbocycles. The second kappa shape index (κ2) is 6.07. The minimum atomic E-state index is 0.510. The summed E-state index contributed by atoms with van der Waals surface area (Å²) >= 11 is 5.09. The van der Waals surface area contributed by atoms with Gasteiger partial charge in [0.05, 0.1) is 0 Å². The molecule has 92 valence electrons. The van der Waals surface area contributed by atoms with Crippen LogP contribution in [0.25, 0.3) is 6.08 Å². The molecular weight excluding hydrogens is 244 g/mol. The minimum absolute atomic E-state index is 0.510. The Bertz CT molecular complexity index is 607. The third-order valence-corrected chi connectivity index (χ3v) is 2.65. The molecule has 5 heteroatoms. The normalized spacial score (nSPS) is 11.6. The lowest BCUT2D eigenvalue weighted by Gasteiger charge is -1.94. The van der Waals surface area contributed by atoms with E-state index in [4.69, 9.17) is 12.2 Å². The molecular formula is C13H14N4S. The fourth-order valence-electron chi connectivity index (χ4n) is 1.50. The number of aryl methyl sites for hydroxylation is 1. The van der Waals surface area contributed by atoms with E-state index < -0.39 is 0 Å². The van der Waals surface area contributed by atoms with Gasteiger partial charge >= 0.3 is 0 Å². The van der Waals surface area contributed by atoms with Gasteiger partial charge in [-0.3, -0.25) is 5.10 Å². The van der Waals surface area contributed by atoms with Crippen LogP contribution in [-0.4, -0.2) is 21.1 Å². The Kier molecular flexibility index (Phi) is 4.20. The van der Waals surface area contributed by atoms with Crippen molar-refractivity contribution in [1.82, 2.24) is 14.9 Å². The summed E-state index contributed by atoms with van der Waals surface area (Å²) in [6, 6.07) is 10.1. The van der Waals surface area contributed by atoms with Gasteiger partial charge in [0.2, 0.25) is 4.77 Å². The smallest absolute Gasteiger partial charge is 0.216 e. The number of aromatic nitrogens is 3. The van der Waals surface area contributed by atoms with Crippen molar-refractivity contribution in [2.45, 2.75) is 13.3 Å². The molecule has 1 heterocycles. The van der Waals surface area contributed by atoms with Gasteiger partial charge in [0.25, 0.3) is 0 Å². The zero-order valence-corrected chi connectivity index (χ0v) is 10.9. The number of nitrogens with zero attached hydrogens (tertiary/aromatic N) is 3. The fraction of sp³-hybridized carbons (Fsp3) is 0.154. The number of nitrogens with one attached hydrogen (secondary N) is 1. The molecule has 2 aromatic rings. The average Bonchev–Trinajstić information content (AvgIpc) is 2.77. The Hall–Kier alpha value is -2.01. The van der Waals surface area contributed by atoms with Crippen molar-refractivity contribution in [2.24, 2.45) is 5.10 Å². The molecule has 0 fully saturated rings. The maximum atomic E-state index is 5.09. The van der Waals surface area contributed by atoms with Gasteiger partial charge in [0.15, 0.2) is 5.82 Å². The summed E-state index contributed by atoms with van der Waals surface area (Å²) in [5.74, 6) is 0.823. The molecule has 1 N–H and O–H groups in total. The first-order chi connectivity index (χ1) is 8.81. The molecule has 0 saturated carbocycles. The summed E-state index contributed by atoms with van der Waals surface area (Å²) in [5, 5.41) is 11.1. The molecule has 18 heavy (non-hydrogen) atoms. The number of benzene rings is 1. The Morgan fingerprint density at radius 3 is 2.89 bits per heavy atom. The first kappa shape index (κ1) is 12.4. The van der Waals surface area contributed by atoms with Crippen molar-refractivity contribution in [2.75, 3.05) is 0 Å². The Morgan fingerprint density at radius 1 is 1.39 bits per heavy atom. The van der Waals surface area contributed by atoms with E-state index in [9.17, 15) is 0 Å². The lowest BCUT2D eigenvalue weighted by Crippen LogP contribution is -1.95. The maximum Gasteiger partial charge on any atom is 0.216 e. The van der Waals surface area contributed by atoms with E-state index in [0.717, 1.165) is 17.8 Å². The highest BCUT2D eigenvalue weighted by Gasteiger charge is 1.99. The van der Waals surface area contributed by atoms with Gasteiger partial charge in [0.1, 0.15) is 0 Å². The summed E-state index contributed by atoms with van der Waals surface area (Å²) in [5.41, 5.74) is 1.13. The van der Waals surface area contributed by atoms with E-state index in [1.165, 1.54) is 0 Å². The van der Waals surface area contributed by atoms with E-state index in [1.807, 2.05) is 49.4 Å². The van der Waals surface area contributed by atoms with Crippen LogP contribution >= 0.6 is 12.2 Å². The number of hydrogen-bond acceptors (Lipinski definition) is 3. The van der Waals surface area contributed by atoms with Crippen LogP contribution < -0.4 is 0 Å². The van der Waals surface area contributed by atoms with Gasteiger partial charge < -0.3 is 0 Å². The van der Waals surface area contributed by atoms with Crippen LogP contribution in [0.1, 0.15) is 18.3 Å². The topological polar surface area (TPSA) is 46.0 Å². The Balaban J connectivity index is 2.10. The van der Waals surface area contributed by atoms with Crippen molar-refractivity contribution in [3.63, 3.8) is 0 Å². The molecule has 0 spiro atoms. The molecule has 0 saturated heterocycles. The molecule has 0 atom stereocenters. The molecule has 0 aliphatic carbocycles. The minimum Gasteiger partial charge on any atom is -0.250 e. The number of aromatic amines is 1. The van der Waals surface area contributed by atoms with Gasteiger partial charge in [-0.2, -0.15) is 14.9 Å². The van der Waals surface area contributed by atoms with E-state index in [1.54, 1.807) is 10.9 Å². The number of hydrogen-bond donors (Lipinski definition) is 1. The molecule has 4 nitrogen and oxygen atoms in total. The molecule has 0 aliphatic rings. The summed E-state index contributed by atoms with van der Waals surface area (Å²) in [4.78, 5) is 0. The standard InChI is InChI=1S/C13H14N4S/c1-2-12-15-16-13(18)17(12)14-10-6-9-11-7-4-3-5-8-11/h3-10H,2H2,1H3,(H,16,18)/b9-6-,14-10+. The predicted molar refractivity (Wildman–Crippen MR) is 76.2 cm³/mol. The zero-order chi connectivity index (χ0) is 12.8. The Morgan fingerprint density at radius 2 is 2.17 bits per heavy atom. The Labute approximate surface area is 111 Å². The second-order valence-electron chi connectivity index (χ2n) is 3.64. The van der Waals surface area contributed by atoms with Gasteiger partial charge in [-0.1, -0.05) is 43.3 Å². The SMILES string of the molecule is CCc1n[nH]c(=S)n1/N=C/C=C\c1ccccc1. The van der Waals surface area contributed by atoms with Crippen LogP contribution in [0.4, 0.5) is 0 Å². The third kappa shape index (κ3) is 3.01. The van der Waals surface area contributed by atoms with Crippen LogP contribution in [0.3, 0.4) is 0 Å². The number of H-pyrrole nitrogens is 1. The molecule has 2 rings (SSSR count). The van der Waals surface area contributed by atoms with Gasteiger partial charge in [-0.25, -0.2) is 0 Å². The van der Waals surface area contributed by atoms with Crippen molar-refractivity contribution < 1.29 is 0 Å². The zero-order valence-electron chi connectivity index (χ0n) is 10.1. The molecule has 0 radical (unpaired) electrons. The molecule has 1 aromatic heterocycles. The van der Waals surface area contributed by atoms with Crippen LogP contribution in [0.15, 0.2) is 41.5 Å². The fourth-order valence-corrected chi connectivity index (χ4v) is 1.69. The highest BCUT2D eigenvalue weighted by molar-refractivity contribution is 7.71. The maximum absolute atomic E-state index is 5.09. The van der Waals surface area contributed by atoms with Gasteiger partial charge in [0, 0.05) is 12.6 Å². The lowest BCUT2D eigenvalue weighted by molar-refractivity contribution is 0.780. The third-order valence-electron chi connectivity index (χ3n) is 2.39. The molecule has 0 aliphatic heterocycles. The summed E-state index contributed by atoms with van der Waals surface area (Å²) in [7, 11) is 0. The second-order valence-corrected chi connectivity index (χ2v) is 4.03. The monoisotopic (exact) mass is 258 g/mol. The lowest BCUT2D eigenvalue weighted by atomic mass is 10.2. The van der Waals surface area contributed by atoms with Crippen molar-refractivity contribution in [1.29, 1.82) is 0 Å². The van der Waals surface area contributed by atoms with Crippen molar-refractivity contribution >= 4 is 24.5 Å². The number of allylic oxidation sites excluding steroid dienone is 1. The predicted octanol–water partition coefficient (Wildman–Crippen LogP) is 3.05. The van der Waals surface area contributed by atoms with Crippen molar-refractivity contribution in [3.8, 4) is 0 Å². The van der Waals surface area contributed by atoms with Crippen LogP contribution in [0.5, 0.6) is 0 Å². The van der Waals surface area contributed by atoms with Crippen LogP contribution in [0, 0.1) is 4.77 Å². The van der Waals surface area contributed by atoms with Gasteiger partial charge in [-0.15, -0.1) is 0 Å². The van der Waals surface area contributed by atoms with Crippen molar-refractivity contribution in [3.05, 3.63) is 52.6 Å².